The molecule has 0 aliphatic carbocycles. The van der Waals surface area contributed by atoms with Crippen LogP contribution < -0.4 is 11.1 Å². The zero-order chi connectivity index (χ0) is 18.3. The minimum absolute atomic E-state index is 0. The number of anilines is 1. The molecule has 0 aromatic carbocycles. The summed E-state index contributed by atoms with van der Waals surface area (Å²) in [6, 6.07) is 1.93. The fraction of sp³-hybridized carbons (Fsp3) is 0.375. The Morgan fingerprint density at radius 1 is 1.31 bits per heavy atom. The number of carbonyl (C=O) groups excluding carboxylic acids is 2. The van der Waals surface area contributed by atoms with Crippen molar-refractivity contribution < 1.29 is 9.59 Å². The van der Waals surface area contributed by atoms with Crippen LogP contribution in [0.3, 0.4) is 0 Å². The molecule has 0 fully saturated rings. The molecular weight excluding hydrogens is 437 g/mol. The third-order valence-corrected chi connectivity index (χ3v) is 6.81. The Morgan fingerprint density at radius 3 is 2.54 bits per heavy atom. The van der Waals surface area contributed by atoms with Gasteiger partial charge < -0.3 is 11.1 Å². The molecule has 3 N–H and O–H groups in total. The normalized spacial score (nSPS) is 14.0. The average Bonchev–Trinajstić information content (AvgIpc) is 3.05. The molecule has 3 heterocycles. The molecule has 2 aromatic heterocycles. The number of primary amides is 1. The van der Waals surface area contributed by atoms with Crippen LogP contribution in [0.5, 0.6) is 0 Å². The summed E-state index contributed by atoms with van der Waals surface area (Å²) in [7, 11) is 0. The van der Waals surface area contributed by atoms with Crippen LogP contribution in [0.4, 0.5) is 5.00 Å². The van der Waals surface area contributed by atoms with E-state index in [1.807, 2.05) is 0 Å². The average molecular weight is 455 g/mol. The number of halogens is 3. The number of fused-ring (bicyclic) bond motifs is 1. The minimum atomic E-state index is -0.528. The molecule has 1 aliphatic rings. The van der Waals surface area contributed by atoms with Gasteiger partial charge in [-0.15, -0.1) is 35.1 Å². The molecule has 0 saturated heterocycles. The van der Waals surface area contributed by atoms with E-state index in [9.17, 15) is 9.59 Å². The topological polar surface area (TPSA) is 75.4 Å². The highest BCUT2D eigenvalue weighted by Crippen LogP contribution is 2.38. The summed E-state index contributed by atoms with van der Waals surface area (Å²) in [5, 5.41) is 3.27. The van der Waals surface area contributed by atoms with Crippen molar-refractivity contribution in [2.45, 2.75) is 32.9 Å². The van der Waals surface area contributed by atoms with Crippen LogP contribution in [0.15, 0.2) is 6.07 Å². The van der Waals surface area contributed by atoms with Crippen molar-refractivity contribution in [3.63, 3.8) is 0 Å². The Hall–Kier alpha value is -0.830. The van der Waals surface area contributed by atoms with Gasteiger partial charge in [-0.25, -0.2) is 0 Å². The third-order valence-electron chi connectivity index (χ3n) is 4.19. The Balaban J connectivity index is 0.00000243. The van der Waals surface area contributed by atoms with Gasteiger partial charge in [0.1, 0.15) is 9.34 Å². The van der Waals surface area contributed by atoms with Crippen LogP contribution in [-0.4, -0.2) is 29.3 Å². The van der Waals surface area contributed by atoms with E-state index in [2.05, 4.69) is 24.1 Å². The molecule has 142 valence electrons. The molecule has 2 aromatic rings. The Bertz CT molecular complexity index is 848. The molecule has 0 atom stereocenters. The van der Waals surface area contributed by atoms with Crippen molar-refractivity contribution in [2.75, 3.05) is 11.9 Å². The van der Waals surface area contributed by atoms with Gasteiger partial charge >= 0.3 is 0 Å². The number of nitrogens with zero attached hydrogens (tertiary/aromatic N) is 1. The molecule has 5 nitrogen and oxygen atoms in total. The number of hydrogen-bond donors (Lipinski definition) is 2. The lowest BCUT2D eigenvalue weighted by Gasteiger charge is -2.30. The van der Waals surface area contributed by atoms with Crippen molar-refractivity contribution >= 4 is 75.1 Å². The number of thiophene rings is 2. The summed E-state index contributed by atoms with van der Waals surface area (Å²) in [6.07, 6.45) is 0.739. The van der Waals surface area contributed by atoms with Crippen LogP contribution >= 0.6 is 58.3 Å². The first kappa shape index (κ1) is 21.5. The molecule has 10 heteroatoms. The quantitative estimate of drug-likeness (QED) is 0.705. The predicted octanol–water partition coefficient (Wildman–Crippen LogP) is 4.66. The van der Waals surface area contributed by atoms with Gasteiger partial charge in [0.2, 0.25) is 0 Å². The maximum atomic E-state index is 12.5. The van der Waals surface area contributed by atoms with E-state index in [0.717, 1.165) is 41.3 Å². The highest BCUT2D eigenvalue weighted by Gasteiger charge is 2.29. The predicted molar refractivity (Wildman–Crippen MR) is 112 cm³/mol. The van der Waals surface area contributed by atoms with E-state index in [4.69, 9.17) is 28.9 Å². The first-order valence-electron chi connectivity index (χ1n) is 7.72. The van der Waals surface area contributed by atoms with E-state index >= 15 is 0 Å². The molecule has 0 unspecified atom stereocenters. The first-order chi connectivity index (χ1) is 11.8. The standard InChI is InChI=1S/C16H17Cl2N3O2S2.ClH/c1-7(2)21-4-3-8-10(6-21)24-16(12(8)14(19)22)20-15(23)9-5-11(17)25-13(9)18;/h5,7H,3-4,6H2,1-2H3,(H2,19,22)(H,20,23);1H. The maximum absolute atomic E-state index is 12.5. The first-order valence-corrected chi connectivity index (χ1v) is 10.1. The number of rotatable bonds is 4. The third kappa shape index (κ3) is 4.18. The lowest BCUT2D eigenvalue weighted by molar-refractivity contribution is 0.0999. The van der Waals surface area contributed by atoms with E-state index in [-0.39, 0.29) is 12.4 Å². The van der Waals surface area contributed by atoms with Crippen molar-refractivity contribution in [3.8, 4) is 0 Å². The van der Waals surface area contributed by atoms with Crippen LogP contribution in [0.25, 0.3) is 0 Å². The van der Waals surface area contributed by atoms with Gasteiger partial charge in [0, 0.05) is 24.0 Å². The second-order valence-corrected chi connectivity index (χ2v) is 9.47. The zero-order valence-corrected chi connectivity index (χ0v) is 18.1. The smallest absolute Gasteiger partial charge is 0.258 e. The van der Waals surface area contributed by atoms with E-state index in [0.29, 0.717) is 30.8 Å². The van der Waals surface area contributed by atoms with Crippen LogP contribution in [0.2, 0.25) is 8.67 Å². The van der Waals surface area contributed by atoms with Gasteiger partial charge in [-0.05, 0) is 31.9 Å². The Kier molecular flexibility index (Phi) is 6.98. The van der Waals surface area contributed by atoms with Crippen LogP contribution in [-0.2, 0) is 13.0 Å². The minimum Gasteiger partial charge on any atom is -0.365 e. The van der Waals surface area contributed by atoms with Gasteiger partial charge in [0.25, 0.3) is 11.8 Å². The summed E-state index contributed by atoms with van der Waals surface area (Å²) in [5.74, 6) is -0.921. The van der Waals surface area contributed by atoms with E-state index < -0.39 is 11.8 Å². The number of nitrogens with two attached hydrogens (primary N) is 1. The molecule has 0 radical (unpaired) electrons. The highest BCUT2D eigenvalue weighted by molar-refractivity contribution is 7.20. The van der Waals surface area contributed by atoms with Crippen LogP contribution in [0.1, 0.15) is 45.0 Å². The summed E-state index contributed by atoms with van der Waals surface area (Å²) < 4.78 is 0.749. The summed E-state index contributed by atoms with van der Waals surface area (Å²) in [5.41, 5.74) is 7.23. The van der Waals surface area contributed by atoms with E-state index in [1.165, 1.54) is 17.4 Å². The fourth-order valence-electron chi connectivity index (χ4n) is 2.88. The van der Waals surface area contributed by atoms with Gasteiger partial charge in [0.05, 0.1) is 15.5 Å². The molecule has 1 aliphatic heterocycles. The zero-order valence-electron chi connectivity index (χ0n) is 14.1. The van der Waals surface area contributed by atoms with Crippen molar-refractivity contribution in [1.29, 1.82) is 0 Å². The largest absolute Gasteiger partial charge is 0.365 e. The lowest BCUT2D eigenvalue weighted by atomic mass is 10.0. The number of carbonyl (C=O) groups is 2. The van der Waals surface area contributed by atoms with Gasteiger partial charge in [-0.1, -0.05) is 23.2 Å². The summed E-state index contributed by atoms with van der Waals surface area (Å²) >= 11 is 14.5. The van der Waals surface area contributed by atoms with Crippen LogP contribution in [0, 0.1) is 0 Å². The number of hydrogen-bond acceptors (Lipinski definition) is 5. The fourth-order valence-corrected chi connectivity index (χ4v) is 5.61. The monoisotopic (exact) mass is 453 g/mol. The Morgan fingerprint density at radius 2 is 2.00 bits per heavy atom. The second kappa shape index (κ2) is 8.46. The molecule has 26 heavy (non-hydrogen) atoms. The SMILES string of the molecule is CC(C)N1CCc2c(sc(NC(=O)c3cc(Cl)sc3Cl)c2C(N)=O)C1.Cl. The van der Waals surface area contributed by atoms with E-state index in [1.54, 1.807) is 0 Å². The summed E-state index contributed by atoms with van der Waals surface area (Å²) in [6.45, 7) is 5.89. The van der Waals surface area contributed by atoms with Crippen molar-refractivity contribution in [1.82, 2.24) is 4.90 Å². The number of nitrogens with one attached hydrogen (secondary N) is 1. The van der Waals surface area contributed by atoms with Gasteiger partial charge in [-0.3, -0.25) is 14.5 Å². The molecule has 3 rings (SSSR count). The number of amides is 2. The highest BCUT2D eigenvalue weighted by atomic mass is 35.5. The summed E-state index contributed by atoms with van der Waals surface area (Å²) in [4.78, 5) is 27.9. The Labute approximate surface area is 175 Å². The molecule has 2 amide bonds. The maximum Gasteiger partial charge on any atom is 0.258 e. The lowest BCUT2D eigenvalue weighted by Crippen LogP contribution is -2.35. The van der Waals surface area contributed by atoms with Gasteiger partial charge in [-0.2, -0.15) is 0 Å². The molecule has 0 bridgehead atoms. The van der Waals surface area contributed by atoms with Crippen molar-refractivity contribution in [3.05, 3.63) is 36.3 Å². The second-order valence-electron chi connectivity index (χ2n) is 6.08. The van der Waals surface area contributed by atoms with Crippen molar-refractivity contribution in [2.24, 2.45) is 5.73 Å². The molecule has 0 spiro atoms. The molecule has 0 saturated carbocycles. The van der Waals surface area contributed by atoms with Gasteiger partial charge in [0.15, 0.2) is 0 Å². The molecular formula is C16H18Cl3N3O2S2.